The first-order valence-corrected chi connectivity index (χ1v) is 9.29. The van der Waals surface area contributed by atoms with Gasteiger partial charge in [-0.05, 0) is 55.7 Å². The molecule has 2 aromatic rings. The number of anilines is 1. The van der Waals surface area contributed by atoms with Gasteiger partial charge in [0.2, 0.25) is 5.91 Å². The number of piperidine rings is 1. The molecule has 0 bridgehead atoms. The normalized spacial score (nSPS) is 17.2. The number of aromatic nitrogens is 2. The lowest BCUT2D eigenvalue weighted by Gasteiger charge is -2.32. The van der Waals surface area contributed by atoms with E-state index in [1.54, 1.807) is 12.1 Å². The summed E-state index contributed by atoms with van der Waals surface area (Å²) in [7, 11) is 0. The van der Waals surface area contributed by atoms with Crippen molar-refractivity contribution in [3.05, 3.63) is 42.2 Å². The Labute approximate surface area is 153 Å². The Morgan fingerprint density at radius 1 is 1.23 bits per heavy atom. The van der Waals surface area contributed by atoms with Crippen LogP contribution in [0, 0.1) is 11.7 Å². The molecule has 138 valence electrons. The second-order valence-electron chi connectivity index (χ2n) is 6.71. The summed E-state index contributed by atoms with van der Waals surface area (Å²) in [6.07, 6.45) is 3.97. The van der Waals surface area contributed by atoms with Crippen LogP contribution in [-0.2, 0) is 4.79 Å². The molecule has 1 aliphatic rings. The minimum absolute atomic E-state index is 0.000758. The fourth-order valence-corrected chi connectivity index (χ4v) is 3.20. The summed E-state index contributed by atoms with van der Waals surface area (Å²) in [5, 5.41) is 11.6. The van der Waals surface area contributed by atoms with Crippen molar-refractivity contribution in [1.82, 2.24) is 15.5 Å². The zero-order valence-corrected chi connectivity index (χ0v) is 15.1. The molecule has 1 saturated heterocycles. The number of rotatable bonds is 6. The summed E-state index contributed by atoms with van der Waals surface area (Å²) in [6, 6.07) is 10.0. The number of nitrogens with zero attached hydrogens (tertiary/aromatic N) is 3. The summed E-state index contributed by atoms with van der Waals surface area (Å²) < 4.78 is 13.0. The van der Waals surface area contributed by atoms with Gasteiger partial charge in [0.15, 0.2) is 5.82 Å². The Bertz CT molecular complexity index is 718. The molecule has 3 rings (SSSR count). The Morgan fingerprint density at radius 2 is 2.04 bits per heavy atom. The summed E-state index contributed by atoms with van der Waals surface area (Å²) in [5.74, 6) is 0.648. The van der Waals surface area contributed by atoms with Gasteiger partial charge in [-0.25, -0.2) is 4.39 Å². The van der Waals surface area contributed by atoms with E-state index < -0.39 is 0 Å². The first-order chi connectivity index (χ1) is 12.7. The van der Waals surface area contributed by atoms with E-state index in [2.05, 4.69) is 27.3 Å². The van der Waals surface area contributed by atoms with Gasteiger partial charge in [-0.3, -0.25) is 4.79 Å². The Morgan fingerprint density at radius 3 is 2.73 bits per heavy atom. The number of halogens is 1. The SMILES string of the molecule is CCCCNC(=O)C1CCCN(c2ccc(-c3ccc(F)cc3)nn2)C1. The third-order valence-electron chi connectivity index (χ3n) is 4.74. The molecule has 0 spiro atoms. The van der Waals surface area contributed by atoms with Gasteiger partial charge in [0.1, 0.15) is 5.82 Å². The van der Waals surface area contributed by atoms with Crippen LogP contribution in [0.25, 0.3) is 11.3 Å². The number of benzene rings is 1. The van der Waals surface area contributed by atoms with E-state index in [0.29, 0.717) is 12.2 Å². The van der Waals surface area contributed by atoms with Crippen LogP contribution in [0.1, 0.15) is 32.6 Å². The first-order valence-electron chi connectivity index (χ1n) is 9.29. The zero-order chi connectivity index (χ0) is 18.4. The Kier molecular flexibility index (Phi) is 6.15. The largest absolute Gasteiger partial charge is 0.356 e. The second kappa shape index (κ2) is 8.74. The van der Waals surface area contributed by atoms with Gasteiger partial charge >= 0.3 is 0 Å². The molecule has 1 unspecified atom stereocenters. The molecule has 2 heterocycles. The number of hydrogen-bond donors (Lipinski definition) is 1. The van der Waals surface area contributed by atoms with Crippen molar-refractivity contribution in [3.8, 4) is 11.3 Å². The maximum Gasteiger partial charge on any atom is 0.224 e. The molecule has 0 saturated carbocycles. The van der Waals surface area contributed by atoms with Crippen LogP contribution in [0.5, 0.6) is 0 Å². The minimum atomic E-state index is -0.269. The number of nitrogens with one attached hydrogen (secondary N) is 1. The fraction of sp³-hybridized carbons (Fsp3) is 0.450. The molecule has 6 heteroatoms. The standard InChI is InChI=1S/C20H25FN4O/c1-2-3-12-22-20(26)16-5-4-13-25(14-16)19-11-10-18(23-24-19)15-6-8-17(21)9-7-15/h6-11,16H,2-5,12-14H2,1H3,(H,22,26). The molecule has 26 heavy (non-hydrogen) atoms. The first kappa shape index (κ1) is 18.3. The second-order valence-corrected chi connectivity index (χ2v) is 6.71. The van der Waals surface area contributed by atoms with E-state index in [9.17, 15) is 9.18 Å². The van der Waals surface area contributed by atoms with Crippen LogP contribution >= 0.6 is 0 Å². The van der Waals surface area contributed by atoms with Gasteiger partial charge in [-0.15, -0.1) is 10.2 Å². The third-order valence-corrected chi connectivity index (χ3v) is 4.74. The minimum Gasteiger partial charge on any atom is -0.356 e. The highest BCUT2D eigenvalue weighted by atomic mass is 19.1. The van der Waals surface area contributed by atoms with E-state index in [4.69, 9.17) is 0 Å². The quantitative estimate of drug-likeness (QED) is 0.806. The van der Waals surface area contributed by atoms with Crippen LogP contribution in [-0.4, -0.2) is 35.7 Å². The van der Waals surface area contributed by atoms with E-state index in [0.717, 1.165) is 50.2 Å². The van der Waals surface area contributed by atoms with Crippen molar-refractivity contribution >= 4 is 11.7 Å². The van der Waals surface area contributed by atoms with Crippen LogP contribution in [0.15, 0.2) is 36.4 Å². The zero-order valence-electron chi connectivity index (χ0n) is 15.1. The molecule has 1 amide bonds. The molecule has 0 radical (unpaired) electrons. The highest BCUT2D eigenvalue weighted by Gasteiger charge is 2.26. The number of carbonyl (C=O) groups excluding carboxylic acids is 1. The number of unbranched alkanes of at least 4 members (excludes halogenated alkanes) is 1. The molecule has 1 aromatic carbocycles. The maximum atomic E-state index is 13.0. The predicted molar refractivity (Wildman–Crippen MR) is 100 cm³/mol. The molecular formula is C20H25FN4O. The van der Waals surface area contributed by atoms with Gasteiger partial charge in [-0.2, -0.15) is 0 Å². The van der Waals surface area contributed by atoms with Crippen molar-refractivity contribution < 1.29 is 9.18 Å². The average molecular weight is 356 g/mol. The summed E-state index contributed by atoms with van der Waals surface area (Å²) in [4.78, 5) is 14.4. The van der Waals surface area contributed by atoms with Gasteiger partial charge < -0.3 is 10.2 Å². The highest BCUT2D eigenvalue weighted by molar-refractivity contribution is 5.79. The molecule has 1 aliphatic heterocycles. The molecule has 5 nitrogen and oxygen atoms in total. The lowest BCUT2D eigenvalue weighted by Crippen LogP contribution is -2.43. The summed E-state index contributed by atoms with van der Waals surface area (Å²) in [5.41, 5.74) is 1.54. The van der Waals surface area contributed by atoms with Crippen LogP contribution in [0.4, 0.5) is 10.2 Å². The fourth-order valence-electron chi connectivity index (χ4n) is 3.20. The van der Waals surface area contributed by atoms with Crippen molar-refractivity contribution in [3.63, 3.8) is 0 Å². The molecule has 1 fully saturated rings. The van der Waals surface area contributed by atoms with Gasteiger partial charge in [0.05, 0.1) is 11.6 Å². The molecule has 1 N–H and O–H groups in total. The topological polar surface area (TPSA) is 58.1 Å². The Hall–Kier alpha value is -2.50. The summed E-state index contributed by atoms with van der Waals surface area (Å²) >= 11 is 0. The number of hydrogen-bond acceptors (Lipinski definition) is 4. The number of amides is 1. The maximum absolute atomic E-state index is 13.0. The van der Waals surface area contributed by atoms with E-state index in [-0.39, 0.29) is 17.6 Å². The van der Waals surface area contributed by atoms with Crippen molar-refractivity contribution in [2.24, 2.45) is 5.92 Å². The van der Waals surface area contributed by atoms with Crippen molar-refractivity contribution in [2.45, 2.75) is 32.6 Å². The third kappa shape index (κ3) is 4.56. The lowest BCUT2D eigenvalue weighted by molar-refractivity contribution is -0.125. The van der Waals surface area contributed by atoms with E-state index in [1.165, 1.54) is 12.1 Å². The van der Waals surface area contributed by atoms with E-state index >= 15 is 0 Å². The summed E-state index contributed by atoms with van der Waals surface area (Å²) in [6.45, 7) is 4.41. The van der Waals surface area contributed by atoms with Crippen LogP contribution in [0.3, 0.4) is 0 Å². The van der Waals surface area contributed by atoms with Gasteiger partial charge in [0, 0.05) is 25.2 Å². The average Bonchev–Trinajstić information content (AvgIpc) is 2.69. The monoisotopic (exact) mass is 356 g/mol. The Balaban J connectivity index is 1.63. The molecule has 0 aliphatic carbocycles. The van der Waals surface area contributed by atoms with Gasteiger partial charge in [0.25, 0.3) is 0 Å². The van der Waals surface area contributed by atoms with Crippen molar-refractivity contribution in [1.29, 1.82) is 0 Å². The van der Waals surface area contributed by atoms with Crippen LogP contribution < -0.4 is 10.2 Å². The molecular weight excluding hydrogens is 331 g/mol. The highest BCUT2D eigenvalue weighted by Crippen LogP contribution is 2.23. The van der Waals surface area contributed by atoms with Crippen molar-refractivity contribution in [2.75, 3.05) is 24.5 Å². The smallest absolute Gasteiger partial charge is 0.224 e. The van der Waals surface area contributed by atoms with Gasteiger partial charge in [-0.1, -0.05) is 13.3 Å². The molecule has 1 atom stereocenters. The lowest BCUT2D eigenvalue weighted by atomic mass is 9.97. The molecule has 1 aromatic heterocycles. The predicted octanol–water partition coefficient (Wildman–Crippen LogP) is 3.42. The van der Waals surface area contributed by atoms with E-state index in [1.807, 2.05) is 12.1 Å². The van der Waals surface area contributed by atoms with Crippen LogP contribution in [0.2, 0.25) is 0 Å². The number of carbonyl (C=O) groups is 1.